The van der Waals surface area contributed by atoms with Crippen LogP contribution in [0.3, 0.4) is 0 Å². The molecule has 0 spiro atoms. The molecule has 3 nitrogen and oxygen atoms in total. The second-order valence-corrected chi connectivity index (χ2v) is 6.99. The molecular formula is C21H22ClNO2. The molecule has 2 aromatic carbocycles. The molecular weight excluding hydrogens is 334 g/mol. The fraction of sp³-hybridized carbons (Fsp3) is 0.333. The Balaban J connectivity index is 1.57. The molecule has 3 unspecified atom stereocenters. The average molecular weight is 356 g/mol. The number of carbonyl (C=O) groups excluding carboxylic acids is 1. The monoisotopic (exact) mass is 355 g/mol. The topological polar surface area (TPSA) is 38.3 Å². The molecule has 1 aliphatic rings. The molecule has 0 bridgehead atoms. The Kier molecular flexibility index (Phi) is 5.77. The molecule has 25 heavy (non-hydrogen) atoms. The summed E-state index contributed by atoms with van der Waals surface area (Å²) in [6, 6.07) is 14.8. The van der Waals surface area contributed by atoms with Gasteiger partial charge in [-0.2, -0.15) is 0 Å². The zero-order valence-electron chi connectivity index (χ0n) is 14.5. The van der Waals surface area contributed by atoms with Crippen LogP contribution in [0.4, 0.5) is 5.69 Å². The molecule has 1 N–H and O–H groups in total. The van der Waals surface area contributed by atoms with Crippen molar-refractivity contribution in [1.29, 1.82) is 0 Å². The Morgan fingerprint density at radius 2 is 1.84 bits per heavy atom. The summed E-state index contributed by atoms with van der Waals surface area (Å²) in [7, 11) is 0. The molecule has 3 rings (SSSR count). The first-order chi connectivity index (χ1) is 12.0. The quantitative estimate of drug-likeness (QED) is 0.848. The van der Waals surface area contributed by atoms with Crippen LogP contribution in [0.15, 0.2) is 48.5 Å². The summed E-state index contributed by atoms with van der Waals surface area (Å²) in [5, 5.41) is 3.51. The molecule has 2 radical (unpaired) electrons. The molecule has 3 atom stereocenters. The van der Waals surface area contributed by atoms with Gasteiger partial charge in [0.25, 0.3) is 5.91 Å². The predicted octanol–water partition coefficient (Wildman–Crippen LogP) is 4.89. The van der Waals surface area contributed by atoms with Crippen LogP contribution < -0.4 is 5.32 Å². The van der Waals surface area contributed by atoms with Gasteiger partial charge in [0.15, 0.2) is 0 Å². The molecule has 1 aliphatic heterocycles. The highest BCUT2D eigenvalue weighted by atomic mass is 35.5. The minimum Gasteiger partial charge on any atom is -0.378 e. The zero-order valence-corrected chi connectivity index (χ0v) is 15.2. The van der Waals surface area contributed by atoms with Crippen LogP contribution in [0.2, 0.25) is 5.02 Å². The highest BCUT2D eigenvalue weighted by Gasteiger charge is 2.25. The van der Waals surface area contributed by atoms with Gasteiger partial charge in [-0.15, -0.1) is 0 Å². The van der Waals surface area contributed by atoms with E-state index in [4.69, 9.17) is 16.3 Å². The molecule has 0 aliphatic carbocycles. The van der Waals surface area contributed by atoms with Crippen molar-refractivity contribution in [3.8, 4) is 0 Å². The van der Waals surface area contributed by atoms with Gasteiger partial charge in [0, 0.05) is 16.3 Å². The molecule has 1 fully saturated rings. The number of nitrogens with one attached hydrogen (secondary N) is 1. The van der Waals surface area contributed by atoms with E-state index in [9.17, 15) is 4.79 Å². The third kappa shape index (κ3) is 4.83. The summed E-state index contributed by atoms with van der Waals surface area (Å²) < 4.78 is 5.78. The fourth-order valence-electron chi connectivity index (χ4n) is 2.90. The molecule has 4 heteroatoms. The van der Waals surface area contributed by atoms with Gasteiger partial charge < -0.3 is 10.1 Å². The van der Waals surface area contributed by atoms with Crippen molar-refractivity contribution < 1.29 is 9.53 Å². The number of benzene rings is 2. The Morgan fingerprint density at radius 1 is 1.16 bits per heavy atom. The first-order valence-electron chi connectivity index (χ1n) is 8.55. The van der Waals surface area contributed by atoms with Gasteiger partial charge in [0.2, 0.25) is 0 Å². The summed E-state index contributed by atoms with van der Waals surface area (Å²) in [4.78, 5) is 12.2. The Morgan fingerprint density at radius 3 is 2.48 bits per heavy atom. The maximum Gasteiger partial charge on any atom is 0.255 e. The van der Waals surface area contributed by atoms with Gasteiger partial charge in [-0.05, 0) is 73.6 Å². The lowest BCUT2D eigenvalue weighted by Gasteiger charge is -2.31. The number of amides is 1. The average Bonchev–Trinajstić information content (AvgIpc) is 2.60. The number of rotatable bonds is 4. The minimum absolute atomic E-state index is 0.144. The zero-order chi connectivity index (χ0) is 17.8. The number of hydrogen-bond acceptors (Lipinski definition) is 2. The van der Waals surface area contributed by atoms with Crippen LogP contribution in [0.5, 0.6) is 0 Å². The molecule has 130 valence electrons. The largest absolute Gasteiger partial charge is 0.378 e. The van der Waals surface area contributed by atoms with Crippen LogP contribution in [0, 0.1) is 18.3 Å². The smallest absolute Gasteiger partial charge is 0.255 e. The van der Waals surface area contributed by atoms with Gasteiger partial charge >= 0.3 is 0 Å². The normalized spacial score (nSPS) is 23.2. The van der Waals surface area contributed by atoms with E-state index in [1.165, 1.54) is 5.56 Å². The molecule has 1 heterocycles. The third-order valence-electron chi connectivity index (χ3n) is 4.56. The lowest BCUT2D eigenvalue weighted by molar-refractivity contribution is -0.0112. The van der Waals surface area contributed by atoms with E-state index in [1.54, 1.807) is 24.3 Å². The van der Waals surface area contributed by atoms with Crippen molar-refractivity contribution in [1.82, 2.24) is 0 Å². The maximum absolute atomic E-state index is 12.2. The van der Waals surface area contributed by atoms with Crippen LogP contribution in [-0.4, -0.2) is 18.6 Å². The summed E-state index contributed by atoms with van der Waals surface area (Å²) in [6.45, 7) is 4.96. The number of carbonyl (C=O) groups is 1. The van der Waals surface area contributed by atoms with Crippen molar-refractivity contribution in [3.05, 3.63) is 71.1 Å². The van der Waals surface area contributed by atoms with Crippen LogP contribution >= 0.6 is 11.6 Å². The number of ether oxygens (including phenoxy) is 1. The van der Waals surface area contributed by atoms with E-state index in [0.717, 1.165) is 18.7 Å². The second kappa shape index (κ2) is 8.03. The van der Waals surface area contributed by atoms with Crippen LogP contribution in [-0.2, 0) is 11.2 Å². The summed E-state index contributed by atoms with van der Waals surface area (Å²) in [6.07, 6.45) is 4.74. The van der Waals surface area contributed by atoms with Crippen molar-refractivity contribution in [2.75, 3.05) is 11.9 Å². The van der Waals surface area contributed by atoms with E-state index in [1.807, 2.05) is 24.3 Å². The van der Waals surface area contributed by atoms with Gasteiger partial charge in [-0.3, -0.25) is 4.79 Å². The number of anilines is 1. The third-order valence-corrected chi connectivity index (χ3v) is 4.82. The number of hydrogen-bond donors (Lipinski definition) is 1. The van der Waals surface area contributed by atoms with Crippen molar-refractivity contribution in [2.45, 2.75) is 26.4 Å². The minimum atomic E-state index is -0.144. The predicted molar refractivity (Wildman–Crippen MR) is 101 cm³/mol. The summed E-state index contributed by atoms with van der Waals surface area (Å²) in [5.41, 5.74) is 2.58. The highest BCUT2D eigenvalue weighted by Crippen LogP contribution is 2.26. The van der Waals surface area contributed by atoms with Gasteiger partial charge in [0.1, 0.15) is 0 Å². The Hall–Kier alpha value is -1.84. The standard InChI is InChI=1S/C21H22ClNO2/c1-14-11-17(13-25-15(14)2)12-16-3-9-20(10-4-16)23-21(24)18-5-7-19(22)8-6-18/h3-10,14-15,17H,12-13H2,1-2H3,(H,23,24). The lowest BCUT2D eigenvalue weighted by Crippen LogP contribution is -2.32. The van der Waals surface area contributed by atoms with E-state index in [-0.39, 0.29) is 12.0 Å². The fourth-order valence-corrected chi connectivity index (χ4v) is 3.02. The van der Waals surface area contributed by atoms with Crippen molar-refractivity contribution in [2.24, 2.45) is 11.8 Å². The van der Waals surface area contributed by atoms with E-state index in [0.29, 0.717) is 22.4 Å². The first-order valence-corrected chi connectivity index (χ1v) is 8.92. The summed E-state index contributed by atoms with van der Waals surface area (Å²) in [5.74, 6) is 0.534. The van der Waals surface area contributed by atoms with Crippen LogP contribution in [0.1, 0.15) is 29.8 Å². The SMILES string of the molecule is CC1[C]C(Cc2ccc(NC(=O)c3ccc(Cl)cc3)cc2)COC1C. The summed E-state index contributed by atoms with van der Waals surface area (Å²) >= 11 is 5.85. The Bertz CT molecular complexity index is 712. The van der Waals surface area contributed by atoms with Gasteiger partial charge in [0.05, 0.1) is 12.7 Å². The van der Waals surface area contributed by atoms with E-state index >= 15 is 0 Å². The Labute approximate surface area is 154 Å². The molecule has 0 aromatic heterocycles. The maximum atomic E-state index is 12.2. The van der Waals surface area contributed by atoms with E-state index < -0.39 is 0 Å². The molecule has 1 amide bonds. The molecule has 1 saturated heterocycles. The molecule has 0 saturated carbocycles. The second-order valence-electron chi connectivity index (χ2n) is 6.55. The van der Waals surface area contributed by atoms with Crippen molar-refractivity contribution in [3.63, 3.8) is 0 Å². The van der Waals surface area contributed by atoms with E-state index in [2.05, 4.69) is 25.6 Å². The molecule has 2 aromatic rings. The highest BCUT2D eigenvalue weighted by molar-refractivity contribution is 6.30. The van der Waals surface area contributed by atoms with Gasteiger partial charge in [-0.25, -0.2) is 0 Å². The number of halogens is 1. The van der Waals surface area contributed by atoms with Crippen LogP contribution in [0.25, 0.3) is 0 Å². The first kappa shape index (κ1) is 18.0. The van der Waals surface area contributed by atoms with Crippen molar-refractivity contribution >= 4 is 23.2 Å². The lowest BCUT2D eigenvalue weighted by atomic mass is 9.86. The van der Waals surface area contributed by atoms with Gasteiger partial charge in [-0.1, -0.05) is 30.7 Å².